The number of nitriles is 1. The van der Waals surface area contributed by atoms with Crippen LogP contribution in [0.2, 0.25) is 0 Å². The van der Waals surface area contributed by atoms with Gasteiger partial charge in [-0.05, 0) is 40.9 Å². The zero-order valence-electron chi connectivity index (χ0n) is 8.74. The van der Waals surface area contributed by atoms with Crippen molar-refractivity contribution in [3.63, 3.8) is 0 Å². The van der Waals surface area contributed by atoms with Crippen LogP contribution in [0.25, 0.3) is 0 Å². The quantitative estimate of drug-likeness (QED) is 0.802. The number of pyridine rings is 1. The molecule has 86 valence electrons. The van der Waals surface area contributed by atoms with Crippen molar-refractivity contribution < 1.29 is 9.53 Å². The second-order valence-corrected chi connectivity index (χ2v) is 5.05. The summed E-state index contributed by atoms with van der Waals surface area (Å²) in [6.45, 7) is 0. The molecule has 6 heteroatoms. The van der Waals surface area contributed by atoms with Gasteiger partial charge in [0.2, 0.25) is 0 Å². The van der Waals surface area contributed by atoms with Gasteiger partial charge in [-0.3, -0.25) is 4.79 Å². The van der Waals surface area contributed by atoms with E-state index in [1.54, 1.807) is 12.1 Å². The minimum atomic E-state index is -0.719. The highest BCUT2D eigenvalue weighted by molar-refractivity contribution is 9.10. The van der Waals surface area contributed by atoms with Crippen molar-refractivity contribution in [2.24, 2.45) is 5.41 Å². The molecule has 1 N–H and O–H groups in total. The first-order valence-corrected chi connectivity index (χ1v) is 5.99. The fourth-order valence-electron chi connectivity index (χ4n) is 1.90. The highest BCUT2D eigenvalue weighted by Crippen LogP contribution is 2.51. The standard InChI is InChI=1S/C11H8BrN3O2/c12-7-2-1-6-9(14-7)15-10(16)8(17-6)11(5-13)3-4-11/h1-2,8H,3-4H2,(H,14,15,16). The van der Waals surface area contributed by atoms with Crippen molar-refractivity contribution in [1.29, 1.82) is 5.26 Å². The Labute approximate surface area is 106 Å². The highest BCUT2D eigenvalue weighted by Gasteiger charge is 2.56. The lowest BCUT2D eigenvalue weighted by molar-refractivity contribution is -0.125. The van der Waals surface area contributed by atoms with Crippen LogP contribution in [-0.2, 0) is 4.79 Å². The molecule has 0 bridgehead atoms. The fourth-order valence-corrected chi connectivity index (χ4v) is 2.21. The van der Waals surface area contributed by atoms with Gasteiger partial charge in [0.15, 0.2) is 17.7 Å². The number of fused-ring (bicyclic) bond motifs is 1. The maximum Gasteiger partial charge on any atom is 0.268 e. The highest BCUT2D eigenvalue weighted by atomic mass is 79.9. The number of nitrogens with one attached hydrogen (secondary N) is 1. The molecule has 1 aliphatic carbocycles. The number of carbonyl (C=O) groups excluding carboxylic acids is 1. The number of halogens is 1. The van der Waals surface area contributed by atoms with E-state index in [9.17, 15) is 4.79 Å². The van der Waals surface area contributed by atoms with E-state index in [0.717, 1.165) is 0 Å². The van der Waals surface area contributed by atoms with Crippen LogP contribution in [0.15, 0.2) is 16.7 Å². The van der Waals surface area contributed by atoms with Crippen molar-refractivity contribution in [2.75, 3.05) is 5.32 Å². The first-order valence-electron chi connectivity index (χ1n) is 5.20. The lowest BCUT2D eigenvalue weighted by atomic mass is 9.99. The van der Waals surface area contributed by atoms with Crippen LogP contribution in [0.1, 0.15) is 12.8 Å². The van der Waals surface area contributed by atoms with Crippen LogP contribution >= 0.6 is 15.9 Å². The van der Waals surface area contributed by atoms with E-state index in [4.69, 9.17) is 10.00 Å². The number of amides is 1. The second kappa shape index (κ2) is 3.44. The first kappa shape index (κ1) is 10.5. The minimum absolute atomic E-state index is 0.290. The zero-order chi connectivity index (χ0) is 12.0. The van der Waals surface area contributed by atoms with E-state index in [1.807, 2.05) is 0 Å². The van der Waals surface area contributed by atoms with Crippen molar-refractivity contribution in [1.82, 2.24) is 4.98 Å². The summed E-state index contributed by atoms with van der Waals surface area (Å²) in [5.74, 6) is 0.621. The molecule has 1 unspecified atom stereocenters. The molecule has 17 heavy (non-hydrogen) atoms. The Morgan fingerprint density at radius 3 is 3.00 bits per heavy atom. The van der Waals surface area contributed by atoms with Crippen LogP contribution in [0.5, 0.6) is 5.75 Å². The Kier molecular flexibility index (Phi) is 2.13. The molecule has 1 amide bonds. The van der Waals surface area contributed by atoms with Crippen molar-refractivity contribution in [2.45, 2.75) is 18.9 Å². The average molecular weight is 294 g/mol. The summed E-state index contributed by atoms with van der Waals surface area (Å²) in [7, 11) is 0. The maximum absolute atomic E-state index is 11.9. The van der Waals surface area contributed by atoms with Gasteiger partial charge in [-0.2, -0.15) is 5.26 Å². The first-order chi connectivity index (χ1) is 8.14. The largest absolute Gasteiger partial charge is 0.475 e. The minimum Gasteiger partial charge on any atom is -0.475 e. The van der Waals surface area contributed by atoms with Crippen molar-refractivity contribution >= 4 is 27.7 Å². The van der Waals surface area contributed by atoms with E-state index >= 15 is 0 Å². The molecule has 1 aliphatic heterocycles. The molecule has 1 aromatic heterocycles. The predicted molar refractivity (Wildman–Crippen MR) is 62.3 cm³/mol. The molecule has 0 radical (unpaired) electrons. The monoisotopic (exact) mass is 293 g/mol. The Morgan fingerprint density at radius 2 is 2.35 bits per heavy atom. The number of hydrogen-bond acceptors (Lipinski definition) is 4. The van der Waals surface area contributed by atoms with Crippen LogP contribution in [-0.4, -0.2) is 17.0 Å². The summed E-state index contributed by atoms with van der Waals surface area (Å²) in [6.07, 6.45) is 0.699. The number of rotatable bonds is 1. The Bertz CT molecular complexity index is 548. The molecule has 0 aromatic carbocycles. The normalized spacial score (nSPS) is 24.0. The predicted octanol–water partition coefficient (Wildman–Crippen LogP) is 1.85. The van der Waals surface area contributed by atoms with E-state index in [1.165, 1.54) is 0 Å². The van der Waals surface area contributed by atoms with Gasteiger partial charge in [-0.15, -0.1) is 0 Å². The maximum atomic E-state index is 11.9. The third-order valence-corrected chi connectivity index (χ3v) is 3.50. The SMILES string of the molecule is N#CC1(C2Oc3ccc(Br)nc3NC2=O)CC1. The van der Waals surface area contributed by atoms with E-state index in [2.05, 4.69) is 32.3 Å². The third-order valence-electron chi connectivity index (χ3n) is 3.06. The van der Waals surface area contributed by atoms with E-state index in [0.29, 0.717) is 29.0 Å². The smallest absolute Gasteiger partial charge is 0.268 e. The van der Waals surface area contributed by atoms with Gasteiger partial charge in [0.1, 0.15) is 10.0 Å². The second-order valence-electron chi connectivity index (χ2n) is 4.24. The number of hydrogen-bond donors (Lipinski definition) is 1. The van der Waals surface area contributed by atoms with Crippen LogP contribution in [0, 0.1) is 16.7 Å². The summed E-state index contributed by atoms with van der Waals surface area (Å²) >= 11 is 3.22. The zero-order valence-corrected chi connectivity index (χ0v) is 10.3. The molecule has 1 atom stereocenters. The van der Waals surface area contributed by atoms with Gasteiger partial charge in [-0.25, -0.2) is 4.98 Å². The molecule has 2 heterocycles. The van der Waals surface area contributed by atoms with E-state index in [-0.39, 0.29) is 5.91 Å². The molecule has 1 aromatic rings. The Balaban J connectivity index is 1.96. The Hall–Kier alpha value is -1.61. The molecule has 1 saturated carbocycles. The van der Waals surface area contributed by atoms with Gasteiger partial charge >= 0.3 is 0 Å². The summed E-state index contributed by atoms with van der Waals surface area (Å²) < 4.78 is 6.22. The van der Waals surface area contributed by atoms with E-state index < -0.39 is 11.5 Å². The number of aromatic nitrogens is 1. The van der Waals surface area contributed by atoms with Crippen molar-refractivity contribution in [3.05, 3.63) is 16.7 Å². The third kappa shape index (κ3) is 1.58. The van der Waals surface area contributed by atoms with Gasteiger partial charge < -0.3 is 10.1 Å². The van der Waals surface area contributed by atoms with Crippen LogP contribution in [0.4, 0.5) is 5.82 Å². The Morgan fingerprint density at radius 1 is 1.59 bits per heavy atom. The molecule has 1 fully saturated rings. The summed E-state index contributed by atoms with van der Waals surface area (Å²) in [4.78, 5) is 16.0. The van der Waals surface area contributed by atoms with Crippen LogP contribution in [0.3, 0.4) is 0 Å². The number of anilines is 1. The molecule has 0 spiro atoms. The summed E-state index contributed by atoms with van der Waals surface area (Å²) in [5.41, 5.74) is -0.644. The average Bonchev–Trinajstić information content (AvgIpc) is 3.09. The number of nitrogens with zero attached hydrogens (tertiary/aromatic N) is 2. The van der Waals surface area contributed by atoms with Crippen molar-refractivity contribution in [3.8, 4) is 11.8 Å². The van der Waals surface area contributed by atoms with Crippen LogP contribution < -0.4 is 10.1 Å². The number of ether oxygens (including phenoxy) is 1. The summed E-state index contributed by atoms with van der Waals surface area (Å²) in [5, 5.41) is 11.8. The molecule has 5 nitrogen and oxygen atoms in total. The summed E-state index contributed by atoms with van der Waals surface area (Å²) in [6, 6.07) is 5.64. The van der Waals surface area contributed by atoms with Gasteiger partial charge in [0, 0.05) is 0 Å². The molecular formula is C11H8BrN3O2. The molecule has 3 rings (SSSR count). The topological polar surface area (TPSA) is 75.0 Å². The number of carbonyl (C=O) groups is 1. The fraction of sp³-hybridized carbons (Fsp3) is 0.364. The van der Waals surface area contributed by atoms with Gasteiger partial charge in [0.05, 0.1) is 6.07 Å². The van der Waals surface area contributed by atoms with Gasteiger partial charge in [0.25, 0.3) is 5.91 Å². The molecule has 2 aliphatic rings. The van der Waals surface area contributed by atoms with Gasteiger partial charge in [-0.1, -0.05) is 0 Å². The lowest BCUT2D eigenvalue weighted by Crippen LogP contribution is -2.43. The molecular weight excluding hydrogens is 286 g/mol. The molecule has 0 saturated heterocycles. The lowest BCUT2D eigenvalue weighted by Gasteiger charge is -2.27.